The Bertz CT molecular complexity index is 492. The molecular formula is C13H13NO. The van der Waals surface area contributed by atoms with Crippen molar-refractivity contribution in [2.24, 2.45) is 0 Å². The lowest BCUT2D eigenvalue weighted by atomic mass is 10.0. The first-order chi connectivity index (χ1) is 7.18. The molecule has 2 heteroatoms. The summed E-state index contributed by atoms with van der Waals surface area (Å²) in [5.74, 6) is 0.280. The molecule has 1 aromatic carbocycles. The second-order valence-electron chi connectivity index (χ2n) is 3.69. The van der Waals surface area contributed by atoms with Crippen LogP contribution in [0.3, 0.4) is 0 Å². The van der Waals surface area contributed by atoms with Gasteiger partial charge >= 0.3 is 0 Å². The first-order valence-corrected chi connectivity index (χ1v) is 4.90. The number of nitrogens with zero attached hydrogens (tertiary/aromatic N) is 1. The number of phenols is 1. The van der Waals surface area contributed by atoms with Crippen molar-refractivity contribution in [1.82, 2.24) is 4.98 Å². The van der Waals surface area contributed by atoms with Crippen LogP contribution in [0.5, 0.6) is 5.75 Å². The maximum atomic E-state index is 9.77. The lowest BCUT2D eigenvalue weighted by Crippen LogP contribution is -1.88. The van der Waals surface area contributed by atoms with E-state index in [9.17, 15) is 5.11 Å². The number of hydrogen-bond acceptors (Lipinski definition) is 2. The molecule has 0 unspecified atom stereocenters. The molecule has 1 aromatic heterocycles. The fraction of sp³-hybridized carbons (Fsp3) is 0.154. The van der Waals surface area contributed by atoms with E-state index in [1.807, 2.05) is 38.1 Å². The van der Waals surface area contributed by atoms with Gasteiger partial charge in [-0.25, -0.2) is 0 Å². The number of hydrogen-bond donors (Lipinski definition) is 1. The fourth-order valence-corrected chi connectivity index (χ4v) is 1.61. The molecule has 0 spiro atoms. The molecule has 0 saturated heterocycles. The summed E-state index contributed by atoms with van der Waals surface area (Å²) in [7, 11) is 0. The third-order valence-corrected chi connectivity index (χ3v) is 2.42. The Morgan fingerprint density at radius 2 is 1.93 bits per heavy atom. The number of aromatic hydroxyl groups is 1. The molecule has 0 aliphatic rings. The van der Waals surface area contributed by atoms with E-state index in [0.29, 0.717) is 0 Å². The van der Waals surface area contributed by atoms with Crippen molar-refractivity contribution in [2.45, 2.75) is 13.8 Å². The molecule has 1 heterocycles. The molecule has 0 aliphatic heterocycles. The minimum atomic E-state index is 0.280. The minimum absolute atomic E-state index is 0.280. The van der Waals surface area contributed by atoms with Crippen molar-refractivity contribution in [3.8, 4) is 17.0 Å². The smallest absolute Gasteiger partial charge is 0.125 e. The average molecular weight is 199 g/mol. The highest BCUT2D eigenvalue weighted by atomic mass is 16.3. The van der Waals surface area contributed by atoms with E-state index in [0.717, 1.165) is 22.4 Å². The molecule has 15 heavy (non-hydrogen) atoms. The monoisotopic (exact) mass is 199 g/mol. The normalized spacial score (nSPS) is 10.3. The molecule has 0 atom stereocenters. The summed E-state index contributed by atoms with van der Waals surface area (Å²) in [6.07, 6.45) is 1.74. The van der Waals surface area contributed by atoms with Gasteiger partial charge in [-0.3, -0.25) is 4.98 Å². The van der Waals surface area contributed by atoms with E-state index in [-0.39, 0.29) is 5.75 Å². The van der Waals surface area contributed by atoms with Crippen LogP contribution in [-0.4, -0.2) is 10.1 Å². The molecule has 2 aromatic rings. The largest absolute Gasteiger partial charge is 0.507 e. The summed E-state index contributed by atoms with van der Waals surface area (Å²) in [4.78, 5) is 4.29. The SMILES string of the molecule is Cc1ccc(O)c(-c2ncccc2C)c1. The van der Waals surface area contributed by atoms with Crippen LogP contribution in [0.15, 0.2) is 36.5 Å². The Labute approximate surface area is 89.2 Å². The summed E-state index contributed by atoms with van der Waals surface area (Å²) in [5, 5.41) is 9.77. The summed E-state index contributed by atoms with van der Waals surface area (Å²) in [6, 6.07) is 9.43. The Kier molecular flexibility index (Phi) is 2.42. The topological polar surface area (TPSA) is 33.1 Å². The van der Waals surface area contributed by atoms with Crippen LogP contribution in [0, 0.1) is 13.8 Å². The van der Waals surface area contributed by atoms with Gasteiger partial charge in [0.1, 0.15) is 5.75 Å². The first kappa shape index (κ1) is 9.71. The Morgan fingerprint density at radius 3 is 2.67 bits per heavy atom. The van der Waals surface area contributed by atoms with Crippen LogP contribution < -0.4 is 0 Å². The Balaban J connectivity index is 2.64. The molecule has 76 valence electrons. The lowest BCUT2D eigenvalue weighted by molar-refractivity contribution is 0.477. The van der Waals surface area contributed by atoms with Crippen molar-refractivity contribution in [1.29, 1.82) is 0 Å². The second-order valence-corrected chi connectivity index (χ2v) is 3.69. The van der Waals surface area contributed by atoms with Crippen LogP contribution in [0.25, 0.3) is 11.3 Å². The second kappa shape index (κ2) is 3.73. The highest BCUT2D eigenvalue weighted by molar-refractivity contribution is 5.69. The Hall–Kier alpha value is -1.83. The van der Waals surface area contributed by atoms with Crippen molar-refractivity contribution < 1.29 is 5.11 Å². The molecule has 0 amide bonds. The standard InChI is InChI=1S/C13H13NO/c1-9-5-6-12(15)11(8-9)13-10(2)4-3-7-14-13/h3-8,15H,1-2H3. The maximum absolute atomic E-state index is 9.77. The van der Waals surface area contributed by atoms with Gasteiger partial charge in [-0.1, -0.05) is 17.7 Å². The van der Waals surface area contributed by atoms with E-state index < -0.39 is 0 Å². The van der Waals surface area contributed by atoms with Crippen LogP contribution in [0.4, 0.5) is 0 Å². The molecule has 0 saturated carbocycles. The molecular weight excluding hydrogens is 186 g/mol. The van der Waals surface area contributed by atoms with Crippen molar-refractivity contribution in [2.75, 3.05) is 0 Å². The molecule has 0 aliphatic carbocycles. The lowest BCUT2D eigenvalue weighted by Gasteiger charge is -2.07. The van der Waals surface area contributed by atoms with Gasteiger partial charge in [0.25, 0.3) is 0 Å². The van der Waals surface area contributed by atoms with E-state index >= 15 is 0 Å². The zero-order chi connectivity index (χ0) is 10.8. The molecule has 0 radical (unpaired) electrons. The number of benzene rings is 1. The van der Waals surface area contributed by atoms with E-state index in [2.05, 4.69) is 4.98 Å². The van der Waals surface area contributed by atoms with E-state index in [1.54, 1.807) is 12.3 Å². The fourth-order valence-electron chi connectivity index (χ4n) is 1.61. The van der Waals surface area contributed by atoms with Crippen LogP contribution in [-0.2, 0) is 0 Å². The van der Waals surface area contributed by atoms with E-state index in [4.69, 9.17) is 0 Å². The van der Waals surface area contributed by atoms with E-state index in [1.165, 1.54) is 0 Å². The van der Waals surface area contributed by atoms with Gasteiger partial charge in [0.2, 0.25) is 0 Å². The van der Waals surface area contributed by atoms with Crippen LogP contribution >= 0.6 is 0 Å². The summed E-state index contributed by atoms with van der Waals surface area (Å²) >= 11 is 0. The maximum Gasteiger partial charge on any atom is 0.125 e. The highest BCUT2D eigenvalue weighted by Gasteiger charge is 2.07. The zero-order valence-electron chi connectivity index (χ0n) is 8.86. The zero-order valence-corrected chi connectivity index (χ0v) is 8.86. The predicted molar refractivity (Wildman–Crippen MR) is 60.8 cm³/mol. The molecule has 0 bridgehead atoms. The summed E-state index contributed by atoms with van der Waals surface area (Å²) in [5.41, 5.74) is 3.83. The third kappa shape index (κ3) is 1.84. The Morgan fingerprint density at radius 1 is 1.13 bits per heavy atom. The minimum Gasteiger partial charge on any atom is -0.507 e. The molecule has 1 N–H and O–H groups in total. The number of aryl methyl sites for hydroxylation is 2. The van der Waals surface area contributed by atoms with Gasteiger partial charge in [0.05, 0.1) is 5.69 Å². The summed E-state index contributed by atoms with van der Waals surface area (Å²) in [6.45, 7) is 3.99. The molecule has 0 fully saturated rings. The summed E-state index contributed by atoms with van der Waals surface area (Å²) < 4.78 is 0. The van der Waals surface area contributed by atoms with Gasteiger partial charge in [-0.2, -0.15) is 0 Å². The number of aromatic nitrogens is 1. The van der Waals surface area contributed by atoms with Gasteiger partial charge in [0.15, 0.2) is 0 Å². The molecule has 2 nitrogen and oxygen atoms in total. The number of rotatable bonds is 1. The molecule has 2 rings (SSSR count). The quantitative estimate of drug-likeness (QED) is 0.765. The van der Waals surface area contributed by atoms with Gasteiger partial charge in [-0.05, 0) is 37.6 Å². The highest BCUT2D eigenvalue weighted by Crippen LogP contribution is 2.30. The number of pyridine rings is 1. The first-order valence-electron chi connectivity index (χ1n) is 4.90. The average Bonchev–Trinajstić information content (AvgIpc) is 2.23. The van der Waals surface area contributed by atoms with Gasteiger partial charge in [-0.15, -0.1) is 0 Å². The van der Waals surface area contributed by atoms with Crippen LogP contribution in [0.2, 0.25) is 0 Å². The van der Waals surface area contributed by atoms with Crippen molar-refractivity contribution in [3.63, 3.8) is 0 Å². The predicted octanol–water partition coefficient (Wildman–Crippen LogP) is 3.07. The third-order valence-electron chi connectivity index (χ3n) is 2.42. The number of phenolic OH excluding ortho intramolecular Hbond substituents is 1. The van der Waals surface area contributed by atoms with Crippen molar-refractivity contribution in [3.05, 3.63) is 47.7 Å². The van der Waals surface area contributed by atoms with Gasteiger partial charge in [0, 0.05) is 11.8 Å². The van der Waals surface area contributed by atoms with Crippen LogP contribution in [0.1, 0.15) is 11.1 Å². The van der Waals surface area contributed by atoms with Crippen molar-refractivity contribution >= 4 is 0 Å². The van der Waals surface area contributed by atoms with Gasteiger partial charge < -0.3 is 5.11 Å².